The molecule has 0 aliphatic rings. The summed E-state index contributed by atoms with van der Waals surface area (Å²) in [7, 11) is 0. The molecule has 2 N–H and O–H groups in total. The fourth-order valence-corrected chi connectivity index (χ4v) is 2.46. The molecule has 2 aromatic rings. The van der Waals surface area contributed by atoms with Gasteiger partial charge in [0.15, 0.2) is 5.96 Å². The summed E-state index contributed by atoms with van der Waals surface area (Å²) < 4.78 is 5.89. The maximum absolute atomic E-state index is 5.89. The van der Waals surface area contributed by atoms with Crippen LogP contribution in [0.1, 0.15) is 37.0 Å². The predicted molar refractivity (Wildman–Crippen MR) is 120 cm³/mol. The first-order valence-corrected chi connectivity index (χ1v) is 9.04. The lowest BCUT2D eigenvalue weighted by Crippen LogP contribution is -2.37. The molecule has 0 fully saturated rings. The third-order valence-corrected chi connectivity index (χ3v) is 3.78. The van der Waals surface area contributed by atoms with Crippen LogP contribution in [0.2, 0.25) is 0 Å². The average Bonchev–Trinajstić information content (AvgIpc) is 2.66. The van der Waals surface area contributed by atoms with E-state index in [-0.39, 0.29) is 24.0 Å². The van der Waals surface area contributed by atoms with Gasteiger partial charge in [-0.15, -0.1) is 24.0 Å². The zero-order valence-corrected chi connectivity index (χ0v) is 18.0. The van der Waals surface area contributed by atoms with E-state index in [4.69, 9.17) is 4.74 Å². The van der Waals surface area contributed by atoms with E-state index in [2.05, 4.69) is 65.9 Å². The molecule has 0 amide bonds. The molecule has 0 heterocycles. The molecule has 5 heteroatoms. The van der Waals surface area contributed by atoms with Gasteiger partial charge < -0.3 is 15.4 Å². The maximum atomic E-state index is 5.89. The van der Waals surface area contributed by atoms with Crippen molar-refractivity contribution in [3.05, 3.63) is 71.3 Å². The second-order valence-corrected chi connectivity index (χ2v) is 5.87. The van der Waals surface area contributed by atoms with Crippen molar-refractivity contribution in [1.82, 2.24) is 10.6 Å². The fraction of sp³-hybridized carbons (Fsp3) is 0.381. The highest BCUT2D eigenvalue weighted by molar-refractivity contribution is 14.0. The summed E-state index contributed by atoms with van der Waals surface area (Å²) in [4.78, 5) is 4.69. The lowest BCUT2D eigenvalue weighted by molar-refractivity contribution is 0.106. The number of halogens is 1. The molecule has 2 rings (SSSR count). The van der Waals surface area contributed by atoms with Gasteiger partial charge in [0.05, 0.1) is 19.8 Å². The van der Waals surface area contributed by atoms with Gasteiger partial charge in [-0.1, -0.05) is 61.5 Å². The quantitative estimate of drug-likeness (QED) is 0.325. The molecule has 142 valence electrons. The summed E-state index contributed by atoms with van der Waals surface area (Å²) in [6, 6.07) is 18.6. The minimum atomic E-state index is 0. The molecular weight excluding hydrogens is 437 g/mol. The number of ether oxygens (including phenoxy) is 1. The second-order valence-electron chi connectivity index (χ2n) is 5.87. The topological polar surface area (TPSA) is 45.7 Å². The molecule has 0 saturated heterocycles. The summed E-state index contributed by atoms with van der Waals surface area (Å²) in [6.45, 7) is 7.87. The van der Waals surface area contributed by atoms with E-state index in [1.807, 2.05) is 18.2 Å². The van der Waals surface area contributed by atoms with E-state index >= 15 is 0 Å². The van der Waals surface area contributed by atoms with Crippen LogP contribution in [-0.2, 0) is 24.5 Å². The Hall–Kier alpha value is -1.60. The van der Waals surface area contributed by atoms with E-state index in [0.717, 1.165) is 25.5 Å². The first-order chi connectivity index (χ1) is 12.3. The Morgan fingerprint density at radius 1 is 0.885 bits per heavy atom. The molecule has 26 heavy (non-hydrogen) atoms. The molecule has 0 unspecified atom stereocenters. The molecule has 2 aromatic carbocycles. The lowest BCUT2D eigenvalue weighted by atomic mass is 10.1. The van der Waals surface area contributed by atoms with E-state index in [9.17, 15) is 0 Å². The van der Waals surface area contributed by atoms with Crippen molar-refractivity contribution < 1.29 is 4.74 Å². The van der Waals surface area contributed by atoms with Gasteiger partial charge in [0.1, 0.15) is 0 Å². The highest BCUT2D eigenvalue weighted by Gasteiger charge is 2.03. The van der Waals surface area contributed by atoms with Crippen LogP contribution < -0.4 is 10.6 Å². The molecule has 0 aliphatic heterocycles. The van der Waals surface area contributed by atoms with Crippen molar-refractivity contribution >= 4 is 29.9 Å². The summed E-state index contributed by atoms with van der Waals surface area (Å²) in [5, 5.41) is 6.61. The molecule has 0 bridgehead atoms. The average molecular weight is 467 g/mol. The number of guanidine groups is 1. The molecule has 0 spiro atoms. The van der Waals surface area contributed by atoms with Crippen molar-refractivity contribution in [3.8, 4) is 0 Å². The normalized spacial score (nSPS) is 10.9. The zero-order valence-electron chi connectivity index (χ0n) is 15.7. The molecule has 0 radical (unpaired) electrons. The molecule has 0 aromatic heterocycles. The molecule has 0 saturated carbocycles. The summed E-state index contributed by atoms with van der Waals surface area (Å²) in [5.41, 5.74) is 3.58. The van der Waals surface area contributed by atoms with E-state index in [1.165, 1.54) is 16.7 Å². The third kappa shape index (κ3) is 8.19. The molecule has 0 aliphatic carbocycles. The van der Waals surface area contributed by atoms with Crippen LogP contribution in [0.15, 0.2) is 59.6 Å². The number of hydrogen-bond acceptors (Lipinski definition) is 2. The van der Waals surface area contributed by atoms with E-state index in [0.29, 0.717) is 19.8 Å². The van der Waals surface area contributed by atoms with Crippen LogP contribution >= 0.6 is 24.0 Å². The van der Waals surface area contributed by atoms with Gasteiger partial charge in [0.2, 0.25) is 0 Å². The Morgan fingerprint density at radius 2 is 1.58 bits per heavy atom. The van der Waals surface area contributed by atoms with Crippen molar-refractivity contribution in [2.45, 2.75) is 40.0 Å². The zero-order chi connectivity index (χ0) is 17.7. The first-order valence-electron chi connectivity index (χ1n) is 9.04. The predicted octanol–water partition coefficient (Wildman–Crippen LogP) is 4.49. The Bertz CT molecular complexity index is 647. The molecule has 0 atom stereocenters. The summed E-state index contributed by atoms with van der Waals surface area (Å²) >= 11 is 0. The van der Waals surface area contributed by atoms with Crippen LogP contribution in [0.3, 0.4) is 0 Å². The Balaban J connectivity index is 0.00000338. The monoisotopic (exact) mass is 467 g/mol. The number of aliphatic imine (C=N–C) groups is 1. The number of benzene rings is 2. The Labute approximate surface area is 174 Å². The van der Waals surface area contributed by atoms with Gasteiger partial charge in [-0.2, -0.15) is 0 Å². The smallest absolute Gasteiger partial charge is 0.191 e. The van der Waals surface area contributed by atoms with Crippen LogP contribution in [0.4, 0.5) is 0 Å². The van der Waals surface area contributed by atoms with Gasteiger partial charge in [-0.05, 0) is 30.0 Å². The van der Waals surface area contributed by atoms with Crippen LogP contribution in [-0.4, -0.2) is 19.0 Å². The standard InChI is InChI=1S/C21H29N3O.HI/c1-3-14-23-21(22-4-2)24-15-19-12-8-9-13-20(19)17-25-16-18-10-6-5-7-11-18;/h5-13H,3-4,14-17H2,1-2H3,(H2,22,23,24);1H. The fourth-order valence-electron chi connectivity index (χ4n) is 2.46. The largest absolute Gasteiger partial charge is 0.372 e. The lowest BCUT2D eigenvalue weighted by Gasteiger charge is -2.12. The maximum Gasteiger partial charge on any atom is 0.191 e. The Kier molecular flexibility index (Phi) is 11.7. The van der Waals surface area contributed by atoms with Crippen molar-refractivity contribution in [2.75, 3.05) is 13.1 Å². The van der Waals surface area contributed by atoms with Gasteiger partial charge in [0.25, 0.3) is 0 Å². The van der Waals surface area contributed by atoms with Crippen LogP contribution in [0.5, 0.6) is 0 Å². The summed E-state index contributed by atoms with van der Waals surface area (Å²) in [5.74, 6) is 0.865. The highest BCUT2D eigenvalue weighted by atomic mass is 127. The molecular formula is C21H30IN3O. The van der Waals surface area contributed by atoms with Gasteiger partial charge in [-0.25, -0.2) is 4.99 Å². The summed E-state index contributed by atoms with van der Waals surface area (Å²) in [6.07, 6.45) is 1.08. The van der Waals surface area contributed by atoms with Crippen molar-refractivity contribution in [2.24, 2.45) is 4.99 Å². The van der Waals surface area contributed by atoms with Crippen molar-refractivity contribution in [3.63, 3.8) is 0 Å². The van der Waals surface area contributed by atoms with Crippen LogP contribution in [0, 0.1) is 0 Å². The third-order valence-electron chi connectivity index (χ3n) is 3.78. The van der Waals surface area contributed by atoms with Crippen molar-refractivity contribution in [1.29, 1.82) is 0 Å². The highest BCUT2D eigenvalue weighted by Crippen LogP contribution is 2.13. The van der Waals surface area contributed by atoms with Gasteiger partial charge in [-0.3, -0.25) is 0 Å². The minimum absolute atomic E-state index is 0. The van der Waals surface area contributed by atoms with Gasteiger partial charge >= 0.3 is 0 Å². The SMILES string of the molecule is CCCNC(=NCc1ccccc1COCc1ccccc1)NCC.I. The number of nitrogens with zero attached hydrogens (tertiary/aromatic N) is 1. The molecule has 4 nitrogen and oxygen atoms in total. The Morgan fingerprint density at radius 3 is 2.27 bits per heavy atom. The van der Waals surface area contributed by atoms with E-state index < -0.39 is 0 Å². The number of nitrogens with one attached hydrogen (secondary N) is 2. The van der Waals surface area contributed by atoms with Gasteiger partial charge in [0, 0.05) is 13.1 Å². The first kappa shape index (κ1) is 22.4. The number of hydrogen-bond donors (Lipinski definition) is 2. The van der Waals surface area contributed by atoms with E-state index in [1.54, 1.807) is 0 Å². The number of rotatable bonds is 9. The van der Waals surface area contributed by atoms with Crippen LogP contribution in [0.25, 0.3) is 0 Å². The second kappa shape index (κ2) is 13.6. The minimum Gasteiger partial charge on any atom is -0.372 e.